The first-order valence-corrected chi connectivity index (χ1v) is 9.06. The number of nitrogens with one attached hydrogen (secondary N) is 1. The van der Waals surface area contributed by atoms with E-state index in [1.807, 2.05) is 38.3 Å². The molecule has 2 N–H and O–H groups in total. The van der Waals surface area contributed by atoms with Crippen molar-refractivity contribution in [3.8, 4) is 10.8 Å². The predicted molar refractivity (Wildman–Crippen MR) is 96.5 cm³/mol. The summed E-state index contributed by atoms with van der Waals surface area (Å²) in [6, 6.07) is 2.90. The number of aryl methyl sites for hydroxylation is 1. The van der Waals surface area contributed by atoms with Crippen molar-refractivity contribution in [3.05, 3.63) is 29.0 Å². The molecule has 0 spiro atoms. The van der Waals surface area contributed by atoms with Crippen LogP contribution in [0.5, 0.6) is 0 Å². The average Bonchev–Trinajstić information content (AvgIpc) is 3.12. The van der Waals surface area contributed by atoms with Crippen LogP contribution in [0.3, 0.4) is 0 Å². The number of carboxylic acid groups (broad SMARTS) is 1. The Kier molecular flexibility index (Phi) is 6.00. The van der Waals surface area contributed by atoms with E-state index in [-0.39, 0.29) is 17.7 Å². The number of hydrogen-bond acceptors (Lipinski definition) is 5. The molecule has 0 aliphatic heterocycles. The maximum atomic E-state index is 12.2. The third-order valence-electron chi connectivity index (χ3n) is 3.77. The Morgan fingerprint density at radius 3 is 2.68 bits per heavy atom. The Labute approximate surface area is 151 Å². The average molecular weight is 364 g/mol. The number of rotatable bonds is 7. The molecule has 1 unspecified atom stereocenters. The molecule has 0 radical (unpaired) electrons. The normalized spacial score (nSPS) is 12.8. The summed E-state index contributed by atoms with van der Waals surface area (Å²) in [4.78, 5) is 28.9. The lowest BCUT2D eigenvalue weighted by atomic mass is 9.88. The van der Waals surface area contributed by atoms with Crippen molar-refractivity contribution in [2.24, 2.45) is 5.41 Å². The van der Waals surface area contributed by atoms with Gasteiger partial charge in [0.25, 0.3) is 0 Å². The van der Waals surface area contributed by atoms with Crippen LogP contribution in [0.15, 0.2) is 21.9 Å². The van der Waals surface area contributed by atoms with Crippen molar-refractivity contribution in [1.82, 2.24) is 10.3 Å². The molecule has 0 aliphatic rings. The Hall–Kier alpha value is -2.15. The monoisotopic (exact) mass is 364 g/mol. The van der Waals surface area contributed by atoms with Crippen molar-refractivity contribution < 1.29 is 19.1 Å². The minimum absolute atomic E-state index is 0.00000638. The number of thiophene rings is 1. The fourth-order valence-electron chi connectivity index (χ4n) is 2.33. The number of aromatic nitrogens is 1. The molecule has 0 saturated carbocycles. The molecule has 136 valence electrons. The molecule has 1 atom stereocenters. The zero-order valence-electron chi connectivity index (χ0n) is 15.0. The number of aliphatic carboxylic acids is 1. The molecule has 0 aromatic carbocycles. The van der Waals surface area contributed by atoms with Crippen LogP contribution in [0.1, 0.15) is 45.1 Å². The van der Waals surface area contributed by atoms with Gasteiger partial charge in [0.15, 0.2) is 0 Å². The molecule has 0 saturated heterocycles. The molecular formula is C18H24N2O4S. The van der Waals surface area contributed by atoms with Gasteiger partial charge in [-0.15, -0.1) is 11.3 Å². The summed E-state index contributed by atoms with van der Waals surface area (Å²) >= 11 is 1.51. The van der Waals surface area contributed by atoms with Crippen LogP contribution in [0, 0.1) is 12.3 Å². The zero-order valence-corrected chi connectivity index (χ0v) is 15.8. The highest BCUT2D eigenvalue weighted by molar-refractivity contribution is 7.13. The van der Waals surface area contributed by atoms with Crippen LogP contribution in [-0.4, -0.2) is 28.0 Å². The second-order valence-corrected chi connectivity index (χ2v) is 8.18. The maximum absolute atomic E-state index is 12.2. The fraction of sp³-hybridized carbons (Fsp3) is 0.500. The van der Waals surface area contributed by atoms with Crippen LogP contribution in [0.25, 0.3) is 10.8 Å². The van der Waals surface area contributed by atoms with E-state index in [0.29, 0.717) is 30.2 Å². The van der Waals surface area contributed by atoms with Crippen LogP contribution in [0.2, 0.25) is 0 Å². The lowest BCUT2D eigenvalue weighted by Gasteiger charge is -2.21. The topological polar surface area (TPSA) is 92.4 Å². The highest BCUT2D eigenvalue weighted by atomic mass is 32.1. The molecule has 2 heterocycles. The van der Waals surface area contributed by atoms with Crippen molar-refractivity contribution in [2.45, 2.75) is 53.0 Å². The van der Waals surface area contributed by atoms with E-state index < -0.39 is 12.0 Å². The molecule has 0 aliphatic carbocycles. The Bertz CT molecular complexity index is 729. The van der Waals surface area contributed by atoms with Gasteiger partial charge in [-0.1, -0.05) is 26.8 Å². The maximum Gasteiger partial charge on any atom is 0.326 e. The first-order chi connectivity index (χ1) is 11.7. The van der Waals surface area contributed by atoms with E-state index in [1.54, 1.807) is 6.92 Å². The first-order valence-electron chi connectivity index (χ1n) is 8.18. The van der Waals surface area contributed by atoms with E-state index in [9.17, 15) is 14.7 Å². The van der Waals surface area contributed by atoms with Gasteiger partial charge in [0.1, 0.15) is 11.8 Å². The summed E-state index contributed by atoms with van der Waals surface area (Å²) in [5.41, 5.74) is 0.539. The number of carbonyl (C=O) groups is 2. The highest BCUT2D eigenvalue weighted by Gasteiger charge is 2.24. The van der Waals surface area contributed by atoms with Crippen LogP contribution >= 0.6 is 11.3 Å². The van der Waals surface area contributed by atoms with Crippen molar-refractivity contribution in [3.63, 3.8) is 0 Å². The number of hydrogen-bond donors (Lipinski definition) is 2. The second-order valence-electron chi connectivity index (χ2n) is 7.23. The standard InChI is InChI=1S/C18H24N2O4S/c1-11-13(20-16(24-11)14-6-5-9-25-14)10-15(21)19-12(17(22)23)7-8-18(2,3)4/h5-6,9,12H,7-8,10H2,1-4H3,(H,19,21)(H,22,23). The molecule has 2 aromatic heterocycles. The number of carboxylic acids is 1. The van der Waals surface area contributed by atoms with Gasteiger partial charge in [-0.25, -0.2) is 9.78 Å². The van der Waals surface area contributed by atoms with Gasteiger partial charge in [0.05, 0.1) is 17.0 Å². The molecule has 1 amide bonds. The number of oxazole rings is 1. The molecular weight excluding hydrogens is 340 g/mol. The van der Waals surface area contributed by atoms with E-state index in [4.69, 9.17) is 4.42 Å². The summed E-state index contributed by atoms with van der Waals surface area (Å²) in [6.45, 7) is 7.87. The Morgan fingerprint density at radius 2 is 2.12 bits per heavy atom. The molecule has 2 rings (SSSR count). The van der Waals surface area contributed by atoms with Crippen molar-refractivity contribution >= 4 is 23.2 Å². The summed E-state index contributed by atoms with van der Waals surface area (Å²) in [7, 11) is 0. The quantitative estimate of drug-likeness (QED) is 0.782. The van der Waals surface area contributed by atoms with E-state index in [1.165, 1.54) is 11.3 Å². The fourth-order valence-corrected chi connectivity index (χ4v) is 2.98. The molecule has 2 aromatic rings. The van der Waals surface area contributed by atoms with Gasteiger partial charge >= 0.3 is 5.97 Å². The lowest BCUT2D eigenvalue weighted by molar-refractivity contribution is -0.142. The Balaban J connectivity index is 2.00. The minimum atomic E-state index is -1.02. The lowest BCUT2D eigenvalue weighted by Crippen LogP contribution is -2.42. The summed E-state index contributed by atoms with van der Waals surface area (Å²) < 4.78 is 5.61. The van der Waals surface area contributed by atoms with Gasteiger partial charge in [-0.05, 0) is 36.6 Å². The van der Waals surface area contributed by atoms with Crippen LogP contribution in [-0.2, 0) is 16.0 Å². The summed E-state index contributed by atoms with van der Waals surface area (Å²) in [6.07, 6.45) is 1.10. The molecule has 0 fully saturated rings. The van der Waals surface area contributed by atoms with E-state index in [0.717, 1.165) is 4.88 Å². The SMILES string of the molecule is Cc1oc(-c2cccs2)nc1CC(=O)NC(CCC(C)(C)C)C(=O)O. The summed E-state index contributed by atoms with van der Waals surface area (Å²) in [5, 5.41) is 13.8. The number of carbonyl (C=O) groups excluding carboxylic acids is 1. The third kappa shape index (κ3) is 5.70. The third-order valence-corrected chi connectivity index (χ3v) is 4.63. The van der Waals surface area contributed by atoms with Gasteiger partial charge < -0.3 is 14.8 Å². The molecule has 7 heteroatoms. The number of nitrogens with zero attached hydrogens (tertiary/aromatic N) is 1. The highest BCUT2D eigenvalue weighted by Crippen LogP contribution is 2.26. The zero-order chi connectivity index (χ0) is 18.6. The van der Waals surface area contributed by atoms with Gasteiger partial charge in [0.2, 0.25) is 11.8 Å². The minimum Gasteiger partial charge on any atom is -0.480 e. The molecule has 6 nitrogen and oxygen atoms in total. The molecule has 25 heavy (non-hydrogen) atoms. The largest absolute Gasteiger partial charge is 0.480 e. The van der Waals surface area contributed by atoms with Gasteiger partial charge in [-0.2, -0.15) is 0 Å². The van der Waals surface area contributed by atoms with Crippen LogP contribution in [0.4, 0.5) is 0 Å². The van der Waals surface area contributed by atoms with Crippen molar-refractivity contribution in [2.75, 3.05) is 0 Å². The molecule has 0 bridgehead atoms. The number of amides is 1. The van der Waals surface area contributed by atoms with Crippen molar-refractivity contribution in [1.29, 1.82) is 0 Å². The summed E-state index contributed by atoms with van der Waals surface area (Å²) in [5.74, 6) is -0.331. The van der Waals surface area contributed by atoms with E-state index in [2.05, 4.69) is 10.3 Å². The smallest absolute Gasteiger partial charge is 0.326 e. The first kappa shape index (κ1) is 19.2. The predicted octanol–water partition coefficient (Wildman–Crippen LogP) is 3.65. The van der Waals surface area contributed by atoms with Gasteiger partial charge in [0, 0.05) is 0 Å². The second kappa shape index (κ2) is 7.82. The van der Waals surface area contributed by atoms with Crippen LogP contribution < -0.4 is 5.32 Å². The van der Waals surface area contributed by atoms with E-state index >= 15 is 0 Å². The Morgan fingerprint density at radius 1 is 1.40 bits per heavy atom. The van der Waals surface area contributed by atoms with Gasteiger partial charge in [-0.3, -0.25) is 4.79 Å².